The minimum absolute atomic E-state index is 0.0690. The maximum atomic E-state index is 11.8. The van der Waals surface area contributed by atoms with Gasteiger partial charge in [-0.2, -0.15) is 0 Å². The lowest BCUT2D eigenvalue weighted by Gasteiger charge is -2.58. The van der Waals surface area contributed by atoms with Crippen LogP contribution in [0.1, 0.15) is 40.2 Å². The highest BCUT2D eigenvalue weighted by Crippen LogP contribution is 2.42. The van der Waals surface area contributed by atoms with Crippen molar-refractivity contribution in [3.05, 3.63) is 35.9 Å². The SMILES string of the molecule is CO[C@@H]1[C@H]2OC(C)(C)C(C)(C)O[C@@H]2[C@@H](NC(C)=O)CN1Cc1ccccc1. The van der Waals surface area contributed by atoms with E-state index < -0.39 is 11.2 Å². The Kier molecular flexibility index (Phi) is 5.64. The van der Waals surface area contributed by atoms with Crippen LogP contribution in [-0.2, 0) is 25.5 Å². The first kappa shape index (κ1) is 20.3. The summed E-state index contributed by atoms with van der Waals surface area (Å²) >= 11 is 0. The summed E-state index contributed by atoms with van der Waals surface area (Å²) in [5.74, 6) is -0.0690. The predicted molar refractivity (Wildman–Crippen MR) is 103 cm³/mol. The lowest BCUT2D eigenvalue weighted by Crippen LogP contribution is -2.74. The van der Waals surface area contributed by atoms with Crippen molar-refractivity contribution >= 4 is 5.91 Å². The molecule has 6 nitrogen and oxygen atoms in total. The van der Waals surface area contributed by atoms with Crippen LogP contribution in [-0.4, -0.2) is 60.1 Å². The Bertz CT molecular complexity index is 661. The number of benzene rings is 1. The van der Waals surface area contributed by atoms with Crippen LogP contribution in [0.2, 0.25) is 0 Å². The Morgan fingerprint density at radius 1 is 1.15 bits per heavy atom. The fourth-order valence-corrected chi connectivity index (χ4v) is 3.94. The Balaban J connectivity index is 1.91. The normalized spacial score (nSPS) is 32.5. The van der Waals surface area contributed by atoms with Gasteiger partial charge >= 0.3 is 0 Å². The van der Waals surface area contributed by atoms with E-state index in [1.807, 2.05) is 45.9 Å². The minimum atomic E-state index is -0.485. The van der Waals surface area contributed by atoms with Crippen molar-refractivity contribution in [1.82, 2.24) is 10.2 Å². The number of piperidine rings is 1. The van der Waals surface area contributed by atoms with Gasteiger partial charge in [0, 0.05) is 27.1 Å². The smallest absolute Gasteiger partial charge is 0.217 e. The highest BCUT2D eigenvalue weighted by Gasteiger charge is 2.57. The van der Waals surface area contributed by atoms with E-state index in [-0.39, 0.29) is 30.4 Å². The molecule has 150 valence electrons. The Labute approximate surface area is 162 Å². The van der Waals surface area contributed by atoms with Crippen LogP contribution in [0.25, 0.3) is 0 Å². The number of nitrogens with zero attached hydrogens (tertiary/aromatic N) is 1. The number of carbonyl (C=O) groups is 1. The van der Waals surface area contributed by atoms with E-state index in [9.17, 15) is 4.79 Å². The van der Waals surface area contributed by atoms with Crippen molar-refractivity contribution in [3.63, 3.8) is 0 Å². The second-order valence-electron chi connectivity index (χ2n) is 8.53. The van der Waals surface area contributed by atoms with Crippen molar-refractivity contribution in [1.29, 1.82) is 0 Å². The number of hydrogen-bond donors (Lipinski definition) is 1. The van der Waals surface area contributed by atoms with E-state index in [1.165, 1.54) is 12.5 Å². The number of fused-ring (bicyclic) bond motifs is 1. The molecule has 1 N–H and O–H groups in total. The lowest BCUT2D eigenvalue weighted by molar-refractivity contribution is -0.341. The average Bonchev–Trinajstić information content (AvgIpc) is 2.57. The fraction of sp³-hybridized carbons (Fsp3) is 0.667. The van der Waals surface area contributed by atoms with Gasteiger partial charge in [-0.1, -0.05) is 30.3 Å². The standard InChI is InChI=1S/C21H32N2O4/c1-14(24)22-16-13-23(12-15-10-8-7-9-11-15)19(25-6)18-17(16)26-20(2,3)21(4,5)27-18/h7-11,16-19H,12-13H2,1-6H3,(H,22,24)/t16-,17+,18-,19+/m0/s1. The van der Waals surface area contributed by atoms with Crippen LogP contribution in [0.4, 0.5) is 0 Å². The molecule has 0 aromatic heterocycles. The van der Waals surface area contributed by atoms with Gasteiger partial charge in [0.05, 0.1) is 17.2 Å². The molecular weight excluding hydrogens is 344 g/mol. The number of methoxy groups -OCH3 is 1. The van der Waals surface area contributed by atoms with Gasteiger partial charge in [0.1, 0.15) is 18.4 Å². The Morgan fingerprint density at radius 2 is 1.74 bits per heavy atom. The Morgan fingerprint density at radius 3 is 2.30 bits per heavy atom. The van der Waals surface area contributed by atoms with Gasteiger partial charge in [0.25, 0.3) is 0 Å². The van der Waals surface area contributed by atoms with Crippen molar-refractivity contribution in [2.75, 3.05) is 13.7 Å². The molecule has 0 bridgehead atoms. The molecule has 27 heavy (non-hydrogen) atoms. The summed E-state index contributed by atoms with van der Waals surface area (Å²) in [5.41, 5.74) is 0.225. The molecule has 0 spiro atoms. The zero-order valence-corrected chi connectivity index (χ0v) is 17.2. The largest absolute Gasteiger partial charge is 0.364 e. The molecule has 2 aliphatic heterocycles. The average molecular weight is 376 g/mol. The van der Waals surface area contributed by atoms with Crippen LogP contribution in [0.5, 0.6) is 0 Å². The summed E-state index contributed by atoms with van der Waals surface area (Å²) in [6.07, 6.45) is -0.822. The first-order valence-electron chi connectivity index (χ1n) is 9.58. The molecular formula is C21H32N2O4. The number of amides is 1. The van der Waals surface area contributed by atoms with Crippen molar-refractivity contribution in [3.8, 4) is 0 Å². The zero-order valence-electron chi connectivity index (χ0n) is 17.2. The second kappa shape index (κ2) is 7.51. The summed E-state index contributed by atoms with van der Waals surface area (Å²) in [4.78, 5) is 14.1. The van der Waals surface area contributed by atoms with E-state index in [0.717, 1.165) is 0 Å². The van der Waals surface area contributed by atoms with Gasteiger partial charge in [-0.25, -0.2) is 0 Å². The number of carbonyl (C=O) groups excluding carboxylic acids is 1. The summed E-state index contributed by atoms with van der Waals surface area (Å²) in [6, 6.07) is 10.1. The molecule has 2 heterocycles. The summed E-state index contributed by atoms with van der Waals surface area (Å²) in [6.45, 7) is 11.0. The third-order valence-corrected chi connectivity index (χ3v) is 5.96. The van der Waals surface area contributed by atoms with Gasteiger partial charge in [-0.05, 0) is 33.3 Å². The molecule has 2 saturated heterocycles. The minimum Gasteiger partial charge on any atom is -0.364 e. The third kappa shape index (κ3) is 4.04. The van der Waals surface area contributed by atoms with Crippen molar-refractivity contribution < 1.29 is 19.0 Å². The monoisotopic (exact) mass is 376 g/mol. The van der Waals surface area contributed by atoms with Crippen molar-refractivity contribution in [2.45, 2.75) is 76.8 Å². The molecule has 0 unspecified atom stereocenters. The van der Waals surface area contributed by atoms with Crippen LogP contribution in [0.3, 0.4) is 0 Å². The van der Waals surface area contributed by atoms with Crippen LogP contribution in [0, 0.1) is 0 Å². The third-order valence-electron chi connectivity index (χ3n) is 5.96. The van der Waals surface area contributed by atoms with Crippen LogP contribution >= 0.6 is 0 Å². The lowest BCUT2D eigenvalue weighted by atomic mass is 9.84. The highest BCUT2D eigenvalue weighted by atomic mass is 16.6. The van der Waals surface area contributed by atoms with E-state index >= 15 is 0 Å². The van der Waals surface area contributed by atoms with Crippen LogP contribution in [0.15, 0.2) is 30.3 Å². The fourth-order valence-electron chi connectivity index (χ4n) is 3.94. The summed E-state index contributed by atoms with van der Waals surface area (Å²) in [5, 5.41) is 3.07. The molecule has 2 aliphatic rings. The number of hydrogen-bond acceptors (Lipinski definition) is 5. The van der Waals surface area contributed by atoms with Crippen LogP contribution < -0.4 is 5.32 Å². The quantitative estimate of drug-likeness (QED) is 0.874. The zero-order chi connectivity index (χ0) is 19.8. The molecule has 3 rings (SSSR count). The second-order valence-corrected chi connectivity index (χ2v) is 8.53. The van der Waals surface area contributed by atoms with Gasteiger partial charge < -0.3 is 19.5 Å². The van der Waals surface area contributed by atoms with Gasteiger partial charge in [-0.3, -0.25) is 9.69 Å². The van der Waals surface area contributed by atoms with Crippen molar-refractivity contribution in [2.24, 2.45) is 0 Å². The van der Waals surface area contributed by atoms with E-state index in [2.05, 4.69) is 22.3 Å². The Hall–Kier alpha value is -1.47. The van der Waals surface area contributed by atoms with E-state index in [0.29, 0.717) is 13.1 Å². The maximum absolute atomic E-state index is 11.8. The summed E-state index contributed by atoms with van der Waals surface area (Å²) in [7, 11) is 1.70. The number of nitrogens with one attached hydrogen (secondary N) is 1. The highest BCUT2D eigenvalue weighted by molar-refractivity contribution is 5.73. The van der Waals surface area contributed by atoms with Gasteiger partial charge in [0.2, 0.25) is 5.91 Å². The summed E-state index contributed by atoms with van der Waals surface area (Å²) < 4.78 is 18.9. The molecule has 1 amide bonds. The molecule has 1 aromatic rings. The number of ether oxygens (including phenoxy) is 3. The number of rotatable bonds is 4. The molecule has 0 saturated carbocycles. The molecule has 4 atom stereocenters. The first-order valence-corrected chi connectivity index (χ1v) is 9.58. The molecule has 0 aliphatic carbocycles. The maximum Gasteiger partial charge on any atom is 0.217 e. The molecule has 2 fully saturated rings. The van der Waals surface area contributed by atoms with Gasteiger partial charge in [-0.15, -0.1) is 0 Å². The topological polar surface area (TPSA) is 60.0 Å². The predicted octanol–water partition coefficient (Wildman–Crippen LogP) is 2.32. The van der Waals surface area contributed by atoms with E-state index in [4.69, 9.17) is 14.2 Å². The molecule has 6 heteroatoms. The first-order chi connectivity index (χ1) is 12.6. The molecule has 0 radical (unpaired) electrons. The molecule has 1 aromatic carbocycles. The van der Waals surface area contributed by atoms with Gasteiger partial charge in [0.15, 0.2) is 0 Å². The van der Waals surface area contributed by atoms with E-state index in [1.54, 1.807) is 7.11 Å². The number of likely N-dealkylation sites (tertiary alicyclic amines) is 1.